The molecule has 0 aliphatic rings. The van der Waals surface area contributed by atoms with Gasteiger partial charge >= 0.3 is 0 Å². The minimum absolute atomic E-state index is 0.0345. The minimum Gasteiger partial charge on any atom is -0.211 e. The molecule has 1 heterocycles. The fraction of sp³-hybridized carbons (Fsp3) is 0.0625. The lowest BCUT2D eigenvalue weighted by atomic mass is 10.1. The van der Waals surface area contributed by atoms with Crippen LogP contribution in [-0.2, 0) is 0 Å². The van der Waals surface area contributed by atoms with Gasteiger partial charge in [-0.3, -0.25) is 0 Å². The Bertz CT molecular complexity index is 924. The lowest BCUT2D eigenvalue weighted by Gasteiger charge is -2.08. The Hall–Kier alpha value is -3.14. The highest BCUT2D eigenvalue weighted by molar-refractivity contribution is 5.67. The molecule has 0 aliphatic carbocycles. The van der Waals surface area contributed by atoms with Crippen LogP contribution in [0.3, 0.4) is 0 Å². The van der Waals surface area contributed by atoms with Gasteiger partial charge in [0.2, 0.25) is 0 Å². The summed E-state index contributed by atoms with van der Waals surface area (Å²) in [5.41, 5.74) is 1.01. The molecule has 0 spiro atoms. The number of nitriles is 1. The molecule has 0 unspecified atom stereocenters. The van der Waals surface area contributed by atoms with Gasteiger partial charge in [0, 0.05) is 5.56 Å². The van der Waals surface area contributed by atoms with Gasteiger partial charge in [-0.05, 0) is 31.2 Å². The molecule has 0 atom stereocenters. The molecule has 3 aromatic rings. The first kappa shape index (κ1) is 14.8. The van der Waals surface area contributed by atoms with Crippen molar-refractivity contribution in [1.82, 2.24) is 15.0 Å². The van der Waals surface area contributed by atoms with Gasteiger partial charge in [0.05, 0.1) is 5.69 Å². The van der Waals surface area contributed by atoms with E-state index in [-0.39, 0.29) is 17.0 Å². The van der Waals surface area contributed by atoms with E-state index < -0.39 is 17.5 Å². The maximum Gasteiger partial charge on any atom is 0.195 e. The Morgan fingerprint density at radius 2 is 1.70 bits per heavy atom. The number of rotatable bonds is 2. The van der Waals surface area contributed by atoms with Crippen molar-refractivity contribution in [3.05, 3.63) is 65.1 Å². The Morgan fingerprint density at radius 1 is 1.00 bits per heavy atom. The molecule has 0 saturated carbocycles. The maximum atomic E-state index is 14.1. The van der Waals surface area contributed by atoms with Crippen molar-refractivity contribution in [3.8, 4) is 23.0 Å². The van der Waals surface area contributed by atoms with Crippen molar-refractivity contribution in [1.29, 1.82) is 5.26 Å². The molecule has 0 N–H and O–H groups in total. The highest BCUT2D eigenvalue weighted by Crippen LogP contribution is 2.29. The first-order valence-corrected chi connectivity index (χ1v) is 6.59. The van der Waals surface area contributed by atoms with Gasteiger partial charge in [0.1, 0.15) is 11.8 Å². The van der Waals surface area contributed by atoms with Crippen molar-refractivity contribution in [3.63, 3.8) is 0 Å². The summed E-state index contributed by atoms with van der Waals surface area (Å²) in [6, 6.07) is 10.6. The predicted molar refractivity (Wildman–Crippen MR) is 76.1 cm³/mol. The van der Waals surface area contributed by atoms with Crippen LogP contribution in [0.4, 0.5) is 13.2 Å². The number of benzene rings is 2. The standard InChI is InChI=1S/C16H9F3N4/c1-9-2-4-10(5-3-9)23-16(13(8-20)21-22-23)11-6-7-12(17)15(19)14(11)18/h2-7H,1H3. The van der Waals surface area contributed by atoms with Crippen molar-refractivity contribution in [2.45, 2.75) is 6.92 Å². The molecule has 2 aromatic carbocycles. The summed E-state index contributed by atoms with van der Waals surface area (Å²) in [6.45, 7) is 1.89. The van der Waals surface area contributed by atoms with Crippen LogP contribution in [0, 0.1) is 35.7 Å². The van der Waals surface area contributed by atoms with Gasteiger partial charge in [0.15, 0.2) is 23.1 Å². The second kappa shape index (κ2) is 5.57. The first-order valence-electron chi connectivity index (χ1n) is 6.59. The zero-order chi connectivity index (χ0) is 16.6. The molecule has 0 bridgehead atoms. The zero-order valence-electron chi connectivity index (χ0n) is 11.9. The van der Waals surface area contributed by atoms with Crippen LogP contribution < -0.4 is 0 Å². The SMILES string of the molecule is Cc1ccc(-n2nnc(C#N)c2-c2ccc(F)c(F)c2F)cc1. The Morgan fingerprint density at radius 3 is 2.35 bits per heavy atom. The topological polar surface area (TPSA) is 54.5 Å². The molecular weight excluding hydrogens is 305 g/mol. The number of hydrogen-bond acceptors (Lipinski definition) is 3. The number of hydrogen-bond donors (Lipinski definition) is 0. The summed E-state index contributed by atoms with van der Waals surface area (Å²) in [5, 5.41) is 16.6. The average molecular weight is 314 g/mol. The Kier molecular flexibility index (Phi) is 3.58. The number of aromatic nitrogens is 3. The fourth-order valence-electron chi connectivity index (χ4n) is 2.17. The van der Waals surface area contributed by atoms with E-state index in [0.717, 1.165) is 17.7 Å². The monoisotopic (exact) mass is 314 g/mol. The minimum atomic E-state index is -1.61. The highest BCUT2D eigenvalue weighted by atomic mass is 19.2. The summed E-state index contributed by atoms with van der Waals surface area (Å²) in [6.07, 6.45) is 0. The lowest BCUT2D eigenvalue weighted by Crippen LogP contribution is -2.03. The van der Waals surface area contributed by atoms with Gasteiger partial charge in [-0.25, -0.2) is 17.9 Å². The van der Waals surface area contributed by atoms with E-state index >= 15 is 0 Å². The smallest absolute Gasteiger partial charge is 0.195 e. The normalized spacial score (nSPS) is 10.6. The summed E-state index contributed by atoms with van der Waals surface area (Å²) in [5.74, 6) is -4.31. The number of halogens is 3. The van der Waals surface area contributed by atoms with Crippen LogP contribution >= 0.6 is 0 Å². The van der Waals surface area contributed by atoms with Crippen molar-refractivity contribution in [2.24, 2.45) is 0 Å². The third kappa shape index (κ3) is 2.44. The van der Waals surface area contributed by atoms with Gasteiger partial charge in [-0.15, -0.1) is 5.10 Å². The Balaban J connectivity index is 2.27. The van der Waals surface area contributed by atoms with E-state index in [1.54, 1.807) is 30.3 Å². The molecule has 114 valence electrons. The summed E-state index contributed by atoms with van der Waals surface area (Å²) >= 11 is 0. The molecule has 0 saturated heterocycles. The predicted octanol–water partition coefficient (Wildman–Crippen LogP) is 3.53. The third-order valence-corrected chi connectivity index (χ3v) is 3.35. The zero-order valence-corrected chi connectivity index (χ0v) is 11.9. The van der Waals surface area contributed by atoms with Crippen molar-refractivity contribution < 1.29 is 13.2 Å². The molecular formula is C16H9F3N4. The molecule has 0 fully saturated rings. The van der Waals surface area contributed by atoms with E-state index in [1.807, 2.05) is 6.92 Å². The largest absolute Gasteiger partial charge is 0.211 e. The summed E-state index contributed by atoms with van der Waals surface area (Å²) in [4.78, 5) is 0. The van der Waals surface area contributed by atoms with Gasteiger partial charge in [-0.2, -0.15) is 5.26 Å². The van der Waals surface area contributed by atoms with E-state index in [1.165, 1.54) is 4.68 Å². The highest BCUT2D eigenvalue weighted by Gasteiger charge is 2.23. The van der Waals surface area contributed by atoms with Gasteiger partial charge < -0.3 is 0 Å². The maximum absolute atomic E-state index is 14.1. The van der Waals surface area contributed by atoms with Crippen LogP contribution in [-0.4, -0.2) is 15.0 Å². The lowest BCUT2D eigenvalue weighted by molar-refractivity contribution is 0.448. The first-order chi connectivity index (χ1) is 11.0. The number of aryl methyl sites for hydroxylation is 1. The van der Waals surface area contributed by atoms with Crippen molar-refractivity contribution in [2.75, 3.05) is 0 Å². The number of nitrogens with zero attached hydrogens (tertiary/aromatic N) is 4. The molecule has 0 radical (unpaired) electrons. The van der Waals surface area contributed by atoms with E-state index in [2.05, 4.69) is 10.3 Å². The van der Waals surface area contributed by atoms with Gasteiger partial charge in [-0.1, -0.05) is 22.9 Å². The van der Waals surface area contributed by atoms with Gasteiger partial charge in [0.25, 0.3) is 0 Å². The second-order valence-electron chi connectivity index (χ2n) is 4.87. The van der Waals surface area contributed by atoms with Crippen molar-refractivity contribution >= 4 is 0 Å². The fourth-order valence-corrected chi connectivity index (χ4v) is 2.17. The summed E-state index contributed by atoms with van der Waals surface area (Å²) < 4.78 is 42.0. The molecule has 23 heavy (non-hydrogen) atoms. The second-order valence-corrected chi connectivity index (χ2v) is 4.87. The quantitative estimate of drug-likeness (QED) is 0.680. The van der Waals surface area contributed by atoms with Crippen LogP contribution in [0.15, 0.2) is 36.4 Å². The molecule has 4 nitrogen and oxygen atoms in total. The van der Waals surface area contributed by atoms with E-state index in [9.17, 15) is 13.2 Å². The van der Waals surface area contributed by atoms with Crippen LogP contribution in [0.1, 0.15) is 11.3 Å². The molecule has 3 rings (SSSR count). The average Bonchev–Trinajstić information content (AvgIpc) is 2.97. The molecule has 0 aliphatic heterocycles. The van der Waals surface area contributed by atoms with E-state index in [0.29, 0.717) is 5.69 Å². The van der Waals surface area contributed by atoms with Crippen LogP contribution in [0.2, 0.25) is 0 Å². The molecule has 7 heteroatoms. The van der Waals surface area contributed by atoms with Crippen LogP contribution in [0.5, 0.6) is 0 Å². The van der Waals surface area contributed by atoms with E-state index in [4.69, 9.17) is 5.26 Å². The third-order valence-electron chi connectivity index (χ3n) is 3.35. The molecule has 0 amide bonds. The Labute approximate surface area is 129 Å². The molecule has 1 aromatic heterocycles. The van der Waals surface area contributed by atoms with Crippen LogP contribution in [0.25, 0.3) is 16.9 Å². The summed E-state index contributed by atoms with van der Waals surface area (Å²) in [7, 11) is 0.